The van der Waals surface area contributed by atoms with Gasteiger partial charge in [0.25, 0.3) is 0 Å². The van der Waals surface area contributed by atoms with E-state index in [0.717, 1.165) is 25.5 Å². The quantitative estimate of drug-likeness (QED) is 0.909. The van der Waals surface area contributed by atoms with Crippen LogP contribution >= 0.6 is 0 Å². The molecule has 2 rings (SSSR count). The van der Waals surface area contributed by atoms with E-state index in [1.54, 1.807) is 6.07 Å². The molecule has 0 radical (unpaired) electrons. The average molecular weight is 302 g/mol. The molecule has 6 heteroatoms. The van der Waals surface area contributed by atoms with Gasteiger partial charge in [0.1, 0.15) is 0 Å². The Hall–Kier alpha value is -1.11. The number of hydrogen-bond acceptors (Lipinski definition) is 3. The number of nitrogens with zero attached hydrogens (tertiary/aromatic N) is 1. The second kappa shape index (κ2) is 6.77. The van der Waals surface area contributed by atoms with E-state index >= 15 is 0 Å². The van der Waals surface area contributed by atoms with Crippen molar-refractivity contribution in [2.75, 3.05) is 26.7 Å². The first-order valence-corrected chi connectivity index (χ1v) is 7.10. The van der Waals surface area contributed by atoms with Gasteiger partial charge in [-0.15, -0.1) is 0 Å². The number of halogens is 3. The maximum atomic E-state index is 13.0. The summed E-state index contributed by atoms with van der Waals surface area (Å²) in [5, 5.41) is 0. The summed E-state index contributed by atoms with van der Waals surface area (Å²) in [4.78, 5) is 1.94. The molecule has 0 aliphatic carbocycles. The topological polar surface area (TPSA) is 38.5 Å². The minimum absolute atomic E-state index is 0.143. The van der Waals surface area contributed by atoms with Crippen LogP contribution in [0, 0.1) is 0 Å². The predicted molar refractivity (Wildman–Crippen MR) is 74.8 cm³/mol. The summed E-state index contributed by atoms with van der Waals surface area (Å²) < 4.78 is 44.5. The van der Waals surface area contributed by atoms with E-state index in [0.29, 0.717) is 13.1 Å². The number of ether oxygens (including phenoxy) is 1. The highest BCUT2D eigenvalue weighted by Crippen LogP contribution is 2.34. The standard InChI is InChI=1S/C15H21F3N2O/c1-20(9-11-5-4-8-21-11)10-14(19)12-6-2-3-7-13(12)15(16,17)18/h2-3,6-7,11,14H,4-5,8-10,19H2,1H3. The lowest BCUT2D eigenvalue weighted by Crippen LogP contribution is -2.35. The third-order valence-corrected chi connectivity index (χ3v) is 3.71. The summed E-state index contributed by atoms with van der Waals surface area (Å²) in [7, 11) is 1.86. The molecule has 1 aliphatic heterocycles. The zero-order valence-electron chi connectivity index (χ0n) is 12.1. The van der Waals surface area contributed by atoms with Gasteiger partial charge >= 0.3 is 6.18 Å². The molecule has 2 N–H and O–H groups in total. The third kappa shape index (κ3) is 4.43. The Balaban J connectivity index is 2.01. The molecule has 2 atom stereocenters. The van der Waals surface area contributed by atoms with Gasteiger partial charge in [0.05, 0.1) is 11.7 Å². The minimum atomic E-state index is -4.37. The van der Waals surface area contributed by atoms with Crippen LogP contribution in [0.4, 0.5) is 13.2 Å². The number of likely N-dealkylation sites (N-methyl/N-ethyl adjacent to an activating group) is 1. The van der Waals surface area contributed by atoms with E-state index in [-0.39, 0.29) is 11.7 Å². The van der Waals surface area contributed by atoms with Crippen molar-refractivity contribution in [2.45, 2.75) is 31.2 Å². The zero-order chi connectivity index (χ0) is 15.5. The van der Waals surface area contributed by atoms with E-state index in [4.69, 9.17) is 10.5 Å². The fourth-order valence-electron chi connectivity index (χ4n) is 2.72. The smallest absolute Gasteiger partial charge is 0.377 e. The Morgan fingerprint density at radius 1 is 1.38 bits per heavy atom. The Bertz CT molecular complexity index is 458. The lowest BCUT2D eigenvalue weighted by atomic mass is 10.00. The van der Waals surface area contributed by atoms with Crippen LogP contribution in [0.5, 0.6) is 0 Å². The number of hydrogen-bond donors (Lipinski definition) is 1. The molecule has 1 aromatic rings. The molecular weight excluding hydrogens is 281 g/mol. The Morgan fingerprint density at radius 3 is 2.71 bits per heavy atom. The van der Waals surface area contributed by atoms with Gasteiger partial charge in [0.15, 0.2) is 0 Å². The number of rotatable bonds is 5. The van der Waals surface area contributed by atoms with Gasteiger partial charge < -0.3 is 15.4 Å². The Labute approximate surface area is 122 Å². The van der Waals surface area contributed by atoms with Crippen molar-refractivity contribution in [1.82, 2.24) is 4.90 Å². The lowest BCUT2D eigenvalue weighted by Gasteiger charge is -2.25. The lowest BCUT2D eigenvalue weighted by molar-refractivity contribution is -0.138. The van der Waals surface area contributed by atoms with Crippen molar-refractivity contribution in [2.24, 2.45) is 5.73 Å². The molecule has 0 aromatic heterocycles. The van der Waals surface area contributed by atoms with Crippen LogP contribution in [0.1, 0.15) is 30.0 Å². The Kier molecular flexibility index (Phi) is 5.24. The number of alkyl halides is 3. The summed E-state index contributed by atoms with van der Waals surface area (Å²) in [6.45, 7) is 1.83. The van der Waals surface area contributed by atoms with Crippen LogP contribution < -0.4 is 5.73 Å². The molecule has 1 saturated heterocycles. The van der Waals surface area contributed by atoms with Crippen LogP contribution in [0.25, 0.3) is 0 Å². The van der Waals surface area contributed by atoms with Crippen molar-refractivity contribution in [3.8, 4) is 0 Å². The maximum Gasteiger partial charge on any atom is 0.416 e. The summed E-state index contributed by atoms with van der Waals surface area (Å²) in [6.07, 6.45) is -2.17. The molecule has 0 spiro atoms. The highest BCUT2D eigenvalue weighted by molar-refractivity contribution is 5.32. The fourth-order valence-corrected chi connectivity index (χ4v) is 2.72. The maximum absolute atomic E-state index is 13.0. The van der Waals surface area contributed by atoms with E-state index in [1.165, 1.54) is 12.1 Å². The molecule has 1 heterocycles. The molecule has 0 saturated carbocycles. The molecule has 118 valence electrons. The first kappa shape index (κ1) is 16.3. The molecule has 1 aromatic carbocycles. The van der Waals surface area contributed by atoms with Crippen LogP contribution in [0.2, 0.25) is 0 Å². The first-order chi connectivity index (χ1) is 9.88. The van der Waals surface area contributed by atoms with Gasteiger partial charge in [0.2, 0.25) is 0 Å². The van der Waals surface area contributed by atoms with Gasteiger partial charge in [-0.3, -0.25) is 0 Å². The normalized spacial score (nSPS) is 21.0. The van der Waals surface area contributed by atoms with Crippen molar-refractivity contribution in [3.05, 3.63) is 35.4 Å². The van der Waals surface area contributed by atoms with Crippen LogP contribution in [0.15, 0.2) is 24.3 Å². The van der Waals surface area contributed by atoms with Gasteiger partial charge in [-0.25, -0.2) is 0 Å². The second-order valence-electron chi connectivity index (χ2n) is 5.55. The van der Waals surface area contributed by atoms with Crippen LogP contribution in [-0.2, 0) is 10.9 Å². The van der Waals surface area contributed by atoms with Crippen LogP contribution in [0.3, 0.4) is 0 Å². The zero-order valence-corrected chi connectivity index (χ0v) is 12.1. The Morgan fingerprint density at radius 2 is 2.10 bits per heavy atom. The van der Waals surface area contributed by atoms with Gasteiger partial charge in [-0.05, 0) is 31.5 Å². The molecule has 2 unspecified atom stereocenters. The first-order valence-electron chi connectivity index (χ1n) is 7.10. The monoisotopic (exact) mass is 302 g/mol. The van der Waals surface area contributed by atoms with Gasteiger partial charge in [-0.2, -0.15) is 13.2 Å². The van der Waals surface area contributed by atoms with Gasteiger partial charge in [-0.1, -0.05) is 18.2 Å². The molecule has 1 fully saturated rings. The molecular formula is C15H21F3N2O. The molecule has 0 amide bonds. The van der Waals surface area contributed by atoms with E-state index in [9.17, 15) is 13.2 Å². The number of benzene rings is 1. The average Bonchev–Trinajstić information content (AvgIpc) is 2.90. The van der Waals surface area contributed by atoms with E-state index in [1.807, 2.05) is 11.9 Å². The van der Waals surface area contributed by atoms with Crippen molar-refractivity contribution >= 4 is 0 Å². The summed E-state index contributed by atoms with van der Waals surface area (Å²) in [5.74, 6) is 0. The molecule has 0 bridgehead atoms. The van der Waals surface area contributed by atoms with Crippen molar-refractivity contribution < 1.29 is 17.9 Å². The van der Waals surface area contributed by atoms with E-state index in [2.05, 4.69) is 0 Å². The summed E-state index contributed by atoms with van der Waals surface area (Å²) in [5.41, 5.74) is 5.48. The molecule has 21 heavy (non-hydrogen) atoms. The SMILES string of the molecule is CN(CC1CCCO1)CC(N)c1ccccc1C(F)(F)F. The fraction of sp³-hybridized carbons (Fsp3) is 0.600. The largest absolute Gasteiger partial charge is 0.416 e. The molecule has 1 aliphatic rings. The highest BCUT2D eigenvalue weighted by atomic mass is 19.4. The van der Waals surface area contributed by atoms with Crippen molar-refractivity contribution in [1.29, 1.82) is 0 Å². The van der Waals surface area contributed by atoms with Crippen molar-refractivity contribution in [3.63, 3.8) is 0 Å². The molecule has 3 nitrogen and oxygen atoms in total. The van der Waals surface area contributed by atoms with E-state index < -0.39 is 17.8 Å². The summed E-state index contributed by atoms with van der Waals surface area (Å²) >= 11 is 0. The predicted octanol–water partition coefficient (Wildman–Crippen LogP) is 2.82. The number of nitrogens with two attached hydrogens (primary N) is 1. The highest BCUT2D eigenvalue weighted by Gasteiger charge is 2.34. The van der Waals surface area contributed by atoms with Gasteiger partial charge in [0, 0.05) is 25.7 Å². The third-order valence-electron chi connectivity index (χ3n) is 3.71. The minimum Gasteiger partial charge on any atom is -0.377 e. The second-order valence-corrected chi connectivity index (χ2v) is 5.55. The summed E-state index contributed by atoms with van der Waals surface area (Å²) in [6, 6.07) is 4.83. The van der Waals surface area contributed by atoms with Crippen LogP contribution in [-0.4, -0.2) is 37.7 Å².